The molecule has 0 spiro atoms. The second-order valence-corrected chi connectivity index (χ2v) is 6.49. The van der Waals surface area contributed by atoms with E-state index in [4.69, 9.17) is 10.7 Å². The van der Waals surface area contributed by atoms with Crippen molar-refractivity contribution in [2.75, 3.05) is 0 Å². The van der Waals surface area contributed by atoms with E-state index < -0.39 is 20.6 Å². The number of halogens is 2. The summed E-state index contributed by atoms with van der Waals surface area (Å²) in [5.74, 6) is -0.831. The molecule has 82 valence electrons. The van der Waals surface area contributed by atoms with E-state index in [0.29, 0.717) is 12.0 Å². The molecular formula is C10H10ClFO2S. The average Bonchev–Trinajstić information content (AvgIpc) is 2.56. The summed E-state index contributed by atoms with van der Waals surface area (Å²) in [6.45, 7) is 0. The fourth-order valence-electron chi connectivity index (χ4n) is 1.97. The quantitative estimate of drug-likeness (QED) is 0.753. The number of fused-ring (bicyclic) bond motifs is 1. The molecule has 0 aromatic heterocycles. The number of benzene rings is 1. The van der Waals surface area contributed by atoms with Gasteiger partial charge >= 0.3 is 0 Å². The summed E-state index contributed by atoms with van der Waals surface area (Å²) in [6, 6.07) is 3.31. The zero-order chi connectivity index (χ0) is 11.1. The van der Waals surface area contributed by atoms with Crippen LogP contribution in [0.3, 0.4) is 0 Å². The first kappa shape index (κ1) is 10.9. The smallest absolute Gasteiger partial charge is 0.212 e. The summed E-state index contributed by atoms with van der Waals surface area (Å²) < 4.78 is 35.5. The molecule has 0 saturated carbocycles. The van der Waals surface area contributed by atoms with Gasteiger partial charge in [0, 0.05) is 16.2 Å². The normalized spacial score (nSPS) is 15.3. The van der Waals surface area contributed by atoms with Crippen molar-refractivity contribution in [3.63, 3.8) is 0 Å². The fraction of sp³-hybridized carbons (Fsp3) is 0.400. The number of hydrogen-bond donors (Lipinski definition) is 0. The van der Waals surface area contributed by atoms with Crippen molar-refractivity contribution in [1.82, 2.24) is 0 Å². The molecule has 1 aliphatic rings. The topological polar surface area (TPSA) is 34.1 Å². The van der Waals surface area contributed by atoms with Gasteiger partial charge in [-0.15, -0.1) is 0 Å². The maximum absolute atomic E-state index is 13.8. The number of hydrogen-bond acceptors (Lipinski definition) is 2. The highest BCUT2D eigenvalue weighted by Gasteiger charge is 2.20. The van der Waals surface area contributed by atoms with Crippen LogP contribution in [0, 0.1) is 5.82 Å². The lowest BCUT2D eigenvalue weighted by molar-refractivity contribution is 0.590. The van der Waals surface area contributed by atoms with E-state index in [1.165, 1.54) is 6.07 Å². The predicted octanol–water partition coefficient (Wildman–Crippen LogP) is 2.38. The van der Waals surface area contributed by atoms with Gasteiger partial charge in [0.1, 0.15) is 5.82 Å². The van der Waals surface area contributed by atoms with E-state index in [1.54, 1.807) is 6.07 Å². The summed E-state index contributed by atoms with van der Waals surface area (Å²) >= 11 is 0. The van der Waals surface area contributed by atoms with E-state index in [1.807, 2.05) is 0 Å². The van der Waals surface area contributed by atoms with E-state index in [2.05, 4.69) is 0 Å². The average molecular weight is 249 g/mol. The second kappa shape index (κ2) is 3.76. The largest absolute Gasteiger partial charge is 0.236 e. The maximum Gasteiger partial charge on any atom is 0.236 e. The van der Waals surface area contributed by atoms with Crippen molar-refractivity contribution in [2.45, 2.75) is 25.0 Å². The van der Waals surface area contributed by atoms with Gasteiger partial charge in [-0.2, -0.15) is 0 Å². The zero-order valence-corrected chi connectivity index (χ0v) is 9.54. The van der Waals surface area contributed by atoms with Gasteiger partial charge in [-0.1, -0.05) is 12.1 Å². The Balaban J connectivity index is 2.43. The van der Waals surface area contributed by atoms with Crippen molar-refractivity contribution in [1.29, 1.82) is 0 Å². The van der Waals surface area contributed by atoms with Crippen LogP contribution in [0.4, 0.5) is 4.39 Å². The van der Waals surface area contributed by atoms with Crippen molar-refractivity contribution in [3.8, 4) is 0 Å². The first-order valence-electron chi connectivity index (χ1n) is 4.69. The maximum atomic E-state index is 13.8. The molecule has 0 amide bonds. The Hall–Kier alpha value is -0.610. The first-order chi connectivity index (χ1) is 6.97. The van der Waals surface area contributed by atoms with Gasteiger partial charge in [-0.25, -0.2) is 12.8 Å². The van der Waals surface area contributed by atoms with Crippen LogP contribution in [0.2, 0.25) is 0 Å². The molecule has 1 aromatic rings. The van der Waals surface area contributed by atoms with Gasteiger partial charge in [-0.3, -0.25) is 0 Å². The number of aryl methyl sites for hydroxylation is 1. The molecule has 0 saturated heterocycles. The number of rotatable bonds is 2. The lowest BCUT2D eigenvalue weighted by Crippen LogP contribution is -2.01. The molecule has 0 aliphatic heterocycles. The Morgan fingerprint density at radius 2 is 2.07 bits per heavy atom. The van der Waals surface area contributed by atoms with Crippen LogP contribution in [0.15, 0.2) is 12.1 Å². The third-order valence-corrected chi connectivity index (χ3v) is 3.60. The van der Waals surface area contributed by atoms with Crippen molar-refractivity contribution < 1.29 is 12.8 Å². The SMILES string of the molecule is O=S(=O)(Cl)Cc1ccc2c(c1F)CCC2. The Labute approximate surface area is 92.5 Å². The van der Waals surface area contributed by atoms with E-state index >= 15 is 0 Å². The van der Waals surface area contributed by atoms with Gasteiger partial charge in [0.25, 0.3) is 0 Å². The van der Waals surface area contributed by atoms with E-state index in [9.17, 15) is 12.8 Å². The van der Waals surface area contributed by atoms with Crippen molar-refractivity contribution in [2.24, 2.45) is 0 Å². The molecule has 0 heterocycles. The molecule has 0 atom stereocenters. The molecule has 1 aromatic carbocycles. The molecule has 0 fully saturated rings. The molecule has 0 radical (unpaired) electrons. The minimum absolute atomic E-state index is 0.172. The summed E-state index contributed by atoms with van der Waals surface area (Å²) in [4.78, 5) is 0. The van der Waals surface area contributed by atoms with Gasteiger partial charge < -0.3 is 0 Å². The minimum atomic E-state index is -3.68. The van der Waals surface area contributed by atoms with Crippen molar-refractivity contribution >= 4 is 19.7 Å². The molecular weight excluding hydrogens is 239 g/mol. The van der Waals surface area contributed by atoms with Crippen LogP contribution in [0.5, 0.6) is 0 Å². The Kier molecular flexibility index (Phi) is 2.73. The Bertz CT molecular complexity index is 496. The first-order valence-corrected chi connectivity index (χ1v) is 7.17. The highest BCUT2D eigenvalue weighted by molar-refractivity contribution is 8.13. The Morgan fingerprint density at radius 1 is 1.33 bits per heavy atom. The molecule has 2 rings (SSSR count). The van der Waals surface area contributed by atoms with E-state index in [0.717, 1.165) is 18.4 Å². The van der Waals surface area contributed by atoms with Crippen molar-refractivity contribution in [3.05, 3.63) is 34.6 Å². The van der Waals surface area contributed by atoms with Gasteiger partial charge in [0.2, 0.25) is 9.05 Å². The minimum Gasteiger partial charge on any atom is -0.212 e. The predicted molar refractivity (Wildman–Crippen MR) is 56.9 cm³/mol. The summed E-state index contributed by atoms with van der Waals surface area (Å²) in [6.07, 6.45) is 2.50. The molecule has 0 bridgehead atoms. The third-order valence-electron chi connectivity index (χ3n) is 2.62. The molecule has 0 N–H and O–H groups in total. The zero-order valence-electron chi connectivity index (χ0n) is 7.96. The molecule has 1 aliphatic carbocycles. The summed E-state index contributed by atoms with van der Waals surface area (Å²) in [7, 11) is 1.41. The van der Waals surface area contributed by atoms with Crippen LogP contribution in [-0.4, -0.2) is 8.42 Å². The van der Waals surface area contributed by atoms with Crippen LogP contribution in [0.25, 0.3) is 0 Å². The lowest BCUT2D eigenvalue weighted by atomic mass is 10.1. The molecule has 15 heavy (non-hydrogen) atoms. The second-order valence-electron chi connectivity index (χ2n) is 3.71. The fourth-order valence-corrected chi connectivity index (χ4v) is 2.91. The van der Waals surface area contributed by atoms with Gasteiger partial charge in [0.05, 0.1) is 5.75 Å². The highest BCUT2D eigenvalue weighted by atomic mass is 35.7. The lowest BCUT2D eigenvalue weighted by Gasteiger charge is -2.05. The summed E-state index contributed by atoms with van der Waals surface area (Å²) in [5, 5.41) is 0. The van der Waals surface area contributed by atoms with E-state index in [-0.39, 0.29) is 5.56 Å². The standard InChI is InChI=1S/C10H10ClFO2S/c11-15(13,14)6-8-5-4-7-2-1-3-9(7)10(8)12/h4-5H,1-3,6H2. The molecule has 0 unspecified atom stereocenters. The van der Waals surface area contributed by atoms with Crippen LogP contribution in [0.1, 0.15) is 23.1 Å². The van der Waals surface area contributed by atoms with Crippen LogP contribution < -0.4 is 0 Å². The highest BCUT2D eigenvalue weighted by Crippen LogP contribution is 2.27. The Morgan fingerprint density at radius 3 is 2.73 bits per heavy atom. The third kappa shape index (κ3) is 2.32. The van der Waals surface area contributed by atoms with Crippen LogP contribution >= 0.6 is 10.7 Å². The van der Waals surface area contributed by atoms with Crippen LogP contribution in [-0.2, 0) is 27.6 Å². The molecule has 2 nitrogen and oxygen atoms in total. The molecule has 5 heteroatoms. The summed E-state index contributed by atoms with van der Waals surface area (Å²) in [5.41, 5.74) is 1.82. The van der Waals surface area contributed by atoms with Gasteiger partial charge in [-0.05, 0) is 30.4 Å². The van der Waals surface area contributed by atoms with Gasteiger partial charge in [0.15, 0.2) is 0 Å². The monoisotopic (exact) mass is 248 g/mol.